The quantitative estimate of drug-likeness (QED) is 0.101. The van der Waals surface area contributed by atoms with Crippen molar-refractivity contribution in [3.63, 3.8) is 0 Å². The van der Waals surface area contributed by atoms with Gasteiger partial charge >= 0.3 is 12.1 Å². The Morgan fingerprint density at radius 3 is 2.14 bits per heavy atom. The number of thiazole rings is 2. The minimum absolute atomic E-state index is 0.0679. The summed E-state index contributed by atoms with van der Waals surface area (Å²) in [5.74, 6) is -0.278. The van der Waals surface area contributed by atoms with Crippen molar-refractivity contribution in [3.05, 3.63) is 104 Å². The number of nitrogens with zero attached hydrogens (tertiary/aromatic N) is 3. The van der Waals surface area contributed by atoms with Crippen LogP contribution in [0.3, 0.4) is 0 Å². The number of rotatable bonds is 17. The number of hydrogen-bond donors (Lipinski definition) is 4. The Hall–Kier alpha value is -4.33. The van der Waals surface area contributed by atoms with Crippen molar-refractivity contribution in [2.24, 2.45) is 5.92 Å². The first-order valence-corrected chi connectivity index (χ1v) is 18.9. The van der Waals surface area contributed by atoms with Gasteiger partial charge in [0.25, 0.3) is 0 Å². The van der Waals surface area contributed by atoms with E-state index in [1.807, 2.05) is 86.8 Å². The predicted octanol–water partition coefficient (Wildman–Crippen LogP) is 6.21. The SMILES string of the molecule is Cc1ncc(COC(=O)N[C@@H](Cc2ccccc2)[C@@H](O)C[C@H](Cc2ccccc2)NC(=O)C(NC(=O)N(C)Cc2csc(C(C)C)n2)C(C)C)s1. The van der Waals surface area contributed by atoms with Gasteiger partial charge in [-0.1, -0.05) is 88.4 Å². The van der Waals surface area contributed by atoms with Crippen LogP contribution in [0.15, 0.2) is 72.2 Å². The van der Waals surface area contributed by atoms with E-state index in [1.165, 1.54) is 16.2 Å². The fraction of sp³-hybridized carbons (Fsp3) is 0.447. The number of carbonyl (C=O) groups excluding carboxylic acids is 3. The van der Waals surface area contributed by atoms with Gasteiger partial charge in [-0.25, -0.2) is 19.6 Å². The summed E-state index contributed by atoms with van der Waals surface area (Å²) in [6.07, 6.45) is 0.871. The molecule has 0 aliphatic rings. The largest absolute Gasteiger partial charge is 0.444 e. The Labute approximate surface area is 308 Å². The number of aliphatic hydroxyl groups excluding tert-OH is 1. The summed E-state index contributed by atoms with van der Waals surface area (Å²) in [4.78, 5) is 51.3. The molecule has 2 aromatic carbocycles. The van der Waals surface area contributed by atoms with Crippen LogP contribution in [0.2, 0.25) is 0 Å². The van der Waals surface area contributed by atoms with Crippen molar-refractivity contribution in [1.82, 2.24) is 30.8 Å². The van der Waals surface area contributed by atoms with Crippen LogP contribution in [0.5, 0.6) is 0 Å². The van der Waals surface area contributed by atoms with Crippen molar-refractivity contribution in [2.75, 3.05) is 7.05 Å². The zero-order chi connectivity index (χ0) is 36.9. The monoisotopic (exact) mass is 734 g/mol. The third kappa shape index (κ3) is 12.7. The van der Waals surface area contributed by atoms with E-state index in [0.717, 1.165) is 31.7 Å². The van der Waals surface area contributed by atoms with Crippen molar-refractivity contribution in [2.45, 2.75) is 97.2 Å². The first-order chi connectivity index (χ1) is 24.4. The van der Waals surface area contributed by atoms with E-state index in [9.17, 15) is 19.5 Å². The number of aromatic nitrogens is 2. The Morgan fingerprint density at radius 2 is 1.57 bits per heavy atom. The molecule has 0 saturated carbocycles. The van der Waals surface area contributed by atoms with Crippen LogP contribution < -0.4 is 16.0 Å². The third-order valence-corrected chi connectivity index (χ3v) is 10.4. The highest BCUT2D eigenvalue weighted by Gasteiger charge is 2.31. The van der Waals surface area contributed by atoms with Gasteiger partial charge in [-0.2, -0.15) is 0 Å². The predicted molar refractivity (Wildman–Crippen MR) is 202 cm³/mol. The fourth-order valence-electron chi connectivity index (χ4n) is 5.55. The molecule has 4 rings (SSSR count). The highest BCUT2D eigenvalue weighted by atomic mass is 32.1. The van der Waals surface area contributed by atoms with Crippen molar-refractivity contribution < 1.29 is 24.2 Å². The van der Waals surface area contributed by atoms with E-state index in [0.29, 0.717) is 25.3 Å². The maximum absolute atomic E-state index is 13.9. The molecule has 1 unspecified atom stereocenters. The van der Waals surface area contributed by atoms with Crippen LogP contribution in [0.4, 0.5) is 9.59 Å². The van der Waals surface area contributed by atoms with Crippen LogP contribution in [0.25, 0.3) is 0 Å². The normalized spacial score (nSPS) is 13.7. The zero-order valence-electron chi connectivity index (χ0n) is 30.2. The van der Waals surface area contributed by atoms with E-state index < -0.39 is 30.3 Å². The van der Waals surface area contributed by atoms with Gasteiger partial charge in [-0.15, -0.1) is 22.7 Å². The minimum atomic E-state index is -1.05. The first kappa shape index (κ1) is 39.5. The lowest BCUT2D eigenvalue weighted by molar-refractivity contribution is -0.124. The van der Waals surface area contributed by atoms with Gasteiger partial charge < -0.3 is 30.7 Å². The summed E-state index contributed by atoms with van der Waals surface area (Å²) in [5, 5.41) is 24.4. The molecule has 51 heavy (non-hydrogen) atoms. The summed E-state index contributed by atoms with van der Waals surface area (Å²) in [6.45, 7) is 10.2. The van der Waals surface area contributed by atoms with Crippen LogP contribution in [-0.2, 0) is 35.5 Å². The van der Waals surface area contributed by atoms with E-state index in [-0.39, 0.29) is 30.9 Å². The van der Waals surface area contributed by atoms with Crippen molar-refractivity contribution in [3.8, 4) is 0 Å². The summed E-state index contributed by atoms with van der Waals surface area (Å²) >= 11 is 3.02. The molecular formula is C38H50N6O5S2. The molecule has 13 heteroatoms. The third-order valence-electron chi connectivity index (χ3n) is 8.32. The number of ether oxygens (including phenoxy) is 1. The molecule has 11 nitrogen and oxygen atoms in total. The second-order valence-electron chi connectivity index (χ2n) is 13.4. The summed E-state index contributed by atoms with van der Waals surface area (Å²) < 4.78 is 5.48. The van der Waals surface area contributed by atoms with Gasteiger partial charge in [-0.3, -0.25) is 4.79 Å². The molecule has 4 atom stereocenters. The number of amides is 4. The van der Waals surface area contributed by atoms with Crippen LogP contribution in [0, 0.1) is 12.8 Å². The van der Waals surface area contributed by atoms with Gasteiger partial charge in [0, 0.05) is 30.6 Å². The van der Waals surface area contributed by atoms with E-state index in [2.05, 4.69) is 39.8 Å². The fourth-order valence-corrected chi connectivity index (χ4v) is 7.08. The number of benzene rings is 2. The van der Waals surface area contributed by atoms with E-state index >= 15 is 0 Å². The van der Waals surface area contributed by atoms with Crippen molar-refractivity contribution >= 4 is 40.7 Å². The Balaban J connectivity index is 1.47. The molecule has 0 bridgehead atoms. The summed E-state index contributed by atoms with van der Waals surface area (Å²) in [6, 6.07) is 16.8. The Morgan fingerprint density at radius 1 is 0.922 bits per heavy atom. The molecule has 0 spiro atoms. The van der Waals surface area contributed by atoms with Gasteiger partial charge in [0.1, 0.15) is 12.6 Å². The first-order valence-electron chi connectivity index (χ1n) is 17.2. The highest BCUT2D eigenvalue weighted by molar-refractivity contribution is 7.11. The molecular weight excluding hydrogens is 685 g/mol. The van der Waals surface area contributed by atoms with Gasteiger partial charge in [0.15, 0.2) is 0 Å². The van der Waals surface area contributed by atoms with E-state index in [1.54, 1.807) is 24.6 Å². The Bertz CT molecular complexity index is 1680. The number of nitrogens with one attached hydrogen (secondary N) is 3. The number of urea groups is 1. The number of carbonyl (C=O) groups is 3. The van der Waals surface area contributed by atoms with Gasteiger partial charge in [0.05, 0.1) is 39.3 Å². The minimum Gasteiger partial charge on any atom is -0.444 e. The molecule has 2 heterocycles. The maximum atomic E-state index is 13.9. The maximum Gasteiger partial charge on any atom is 0.407 e. The average molecular weight is 735 g/mol. The van der Waals surface area contributed by atoms with Crippen LogP contribution in [-0.4, -0.2) is 69.3 Å². The lowest BCUT2D eigenvalue weighted by atomic mass is 9.93. The number of alkyl carbamates (subject to hydrolysis) is 1. The molecule has 0 fully saturated rings. The van der Waals surface area contributed by atoms with Gasteiger partial charge in [0.2, 0.25) is 5.91 Å². The molecule has 0 aliphatic carbocycles. The standard InChI is InChI=1S/C38H50N6O5S2/c1-24(2)34(43-37(47)44(6)21-30-23-50-36(41-30)25(3)4)35(46)40-29(17-27-13-9-7-10-14-27)19-33(45)32(18-28-15-11-8-12-16-28)42-38(48)49-22-31-20-39-26(5)51-31/h7-16,20,23-25,29,32-34,45H,17-19,21-22H2,1-6H3,(H,40,46)(H,42,48)(H,43,47)/t29-,32-,33-,34?/m0/s1. The molecule has 0 aliphatic heterocycles. The molecule has 0 saturated heterocycles. The topological polar surface area (TPSA) is 146 Å². The number of aryl methyl sites for hydroxylation is 1. The van der Waals surface area contributed by atoms with Crippen molar-refractivity contribution in [1.29, 1.82) is 0 Å². The zero-order valence-corrected chi connectivity index (χ0v) is 31.8. The van der Waals surface area contributed by atoms with Crippen LogP contribution in [0.1, 0.15) is 71.7 Å². The van der Waals surface area contributed by atoms with E-state index in [4.69, 9.17) is 4.74 Å². The number of hydrogen-bond acceptors (Lipinski definition) is 9. The highest BCUT2D eigenvalue weighted by Crippen LogP contribution is 2.20. The van der Waals surface area contributed by atoms with Crippen LogP contribution >= 0.6 is 22.7 Å². The molecule has 4 amide bonds. The lowest BCUT2D eigenvalue weighted by Crippen LogP contribution is -2.55. The summed E-state index contributed by atoms with van der Waals surface area (Å²) in [7, 11) is 1.68. The number of aliphatic hydroxyl groups is 1. The Kier molecular flexibility index (Phi) is 15.0. The molecule has 2 aromatic heterocycles. The lowest BCUT2D eigenvalue weighted by Gasteiger charge is -2.30. The summed E-state index contributed by atoms with van der Waals surface area (Å²) in [5.41, 5.74) is 2.69. The molecule has 274 valence electrons. The second kappa shape index (κ2) is 19.3. The van der Waals surface area contributed by atoms with Gasteiger partial charge in [-0.05, 0) is 43.2 Å². The smallest absolute Gasteiger partial charge is 0.407 e. The second-order valence-corrected chi connectivity index (χ2v) is 15.6. The molecule has 4 N–H and O–H groups in total. The molecule has 0 radical (unpaired) electrons. The average Bonchev–Trinajstić information content (AvgIpc) is 3.75. The molecule has 4 aromatic rings.